The summed E-state index contributed by atoms with van der Waals surface area (Å²) in [6.07, 6.45) is -1.76. The molecule has 6 nitrogen and oxygen atoms in total. The van der Waals surface area contributed by atoms with Gasteiger partial charge in [0.05, 0.1) is 24.9 Å². The van der Waals surface area contributed by atoms with Crippen molar-refractivity contribution in [3.05, 3.63) is 53.9 Å². The molecule has 1 amide bonds. The molecule has 4 rings (SSSR count). The number of aliphatic hydroxyl groups is 1. The van der Waals surface area contributed by atoms with E-state index in [1.54, 1.807) is 30.5 Å². The zero-order valence-electron chi connectivity index (χ0n) is 17.5. The van der Waals surface area contributed by atoms with Crippen molar-refractivity contribution in [1.29, 1.82) is 0 Å². The molecule has 2 aliphatic rings. The first-order valence-corrected chi connectivity index (χ1v) is 10.6. The van der Waals surface area contributed by atoms with Gasteiger partial charge in [-0.05, 0) is 30.2 Å². The average Bonchev–Trinajstić information content (AvgIpc) is 3.22. The summed E-state index contributed by atoms with van der Waals surface area (Å²) >= 11 is 0. The Balaban J connectivity index is 1.36. The molecule has 2 aliphatic heterocycles. The zero-order chi connectivity index (χ0) is 22.7. The summed E-state index contributed by atoms with van der Waals surface area (Å²) in [7, 11) is 0. The number of benzene rings is 1. The Morgan fingerprint density at radius 3 is 2.44 bits per heavy atom. The third-order valence-corrected chi connectivity index (χ3v) is 6.20. The second kappa shape index (κ2) is 9.56. The molecule has 0 radical (unpaired) electrons. The molecule has 2 fully saturated rings. The fraction of sp³-hybridized carbons (Fsp3) is 0.478. The molecule has 0 aliphatic carbocycles. The fourth-order valence-corrected chi connectivity index (χ4v) is 4.26. The minimum Gasteiger partial charge on any atom is -0.386 e. The predicted molar refractivity (Wildman–Crippen MR) is 112 cm³/mol. The van der Waals surface area contributed by atoms with Crippen molar-refractivity contribution >= 4 is 5.91 Å². The molecule has 1 aromatic heterocycles. The van der Waals surface area contributed by atoms with E-state index in [0.717, 1.165) is 49.7 Å². The number of aliphatic hydroxyl groups excluding tert-OH is 1. The lowest BCUT2D eigenvalue weighted by Crippen LogP contribution is -2.44. The van der Waals surface area contributed by atoms with Crippen molar-refractivity contribution in [2.75, 3.05) is 33.0 Å². The van der Waals surface area contributed by atoms with Gasteiger partial charge in [0.25, 0.3) is 5.91 Å². The summed E-state index contributed by atoms with van der Waals surface area (Å²) < 4.78 is 43.3. The number of carbonyl (C=O) groups excluding carboxylic acids is 1. The Morgan fingerprint density at radius 2 is 1.91 bits per heavy atom. The van der Waals surface area contributed by atoms with Gasteiger partial charge in [-0.15, -0.1) is 0 Å². The number of likely N-dealkylation sites (tertiary alicyclic amines) is 1. The van der Waals surface area contributed by atoms with Gasteiger partial charge in [-0.3, -0.25) is 14.7 Å². The van der Waals surface area contributed by atoms with Crippen LogP contribution in [-0.2, 0) is 16.1 Å². The summed E-state index contributed by atoms with van der Waals surface area (Å²) in [4.78, 5) is 18.1. The molecule has 3 heterocycles. The molecule has 0 saturated carbocycles. The zero-order valence-corrected chi connectivity index (χ0v) is 17.5. The molecule has 1 spiro atoms. The number of pyridine rings is 1. The van der Waals surface area contributed by atoms with Gasteiger partial charge in [0.15, 0.2) is 0 Å². The van der Waals surface area contributed by atoms with Crippen LogP contribution in [0, 0.1) is 5.41 Å². The van der Waals surface area contributed by atoms with Gasteiger partial charge in [0.1, 0.15) is 12.8 Å². The van der Waals surface area contributed by atoms with E-state index in [4.69, 9.17) is 4.74 Å². The normalized spacial score (nSPS) is 19.7. The van der Waals surface area contributed by atoms with Crippen molar-refractivity contribution in [2.45, 2.75) is 31.5 Å². The second-order valence-electron chi connectivity index (χ2n) is 8.63. The first-order chi connectivity index (χ1) is 15.4. The highest BCUT2D eigenvalue weighted by Crippen LogP contribution is 2.37. The number of rotatable bonds is 8. The number of alkyl halides is 3. The molecule has 2 atom stereocenters. The SMILES string of the molecule is O=C(NC(CF)C(O)c1ccc(-c2ccc(CN3CCC4(COC4)C3)nc2)cc1)C(F)F. The lowest BCUT2D eigenvalue weighted by Gasteiger charge is -2.37. The fourth-order valence-electron chi connectivity index (χ4n) is 4.26. The maximum atomic E-state index is 13.2. The summed E-state index contributed by atoms with van der Waals surface area (Å²) in [5.74, 6) is -1.61. The minimum atomic E-state index is -3.27. The van der Waals surface area contributed by atoms with Crippen LogP contribution in [0.25, 0.3) is 11.1 Å². The average molecular weight is 449 g/mol. The lowest BCUT2D eigenvalue weighted by molar-refractivity contribution is -0.133. The number of ether oxygens (including phenoxy) is 1. The van der Waals surface area contributed by atoms with Crippen LogP contribution in [0.2, 0.25) is 0 Å². The van der Waals surface area contributed by atoms with Crippen LogP contribution >= 0.6 is 0 Å². The number of amides is 1. The number of carbonyl (C=O) groups is 1. The maximum absolute atomic E-state index is 13.2. The van der Waals surface area contributed by atoms with Crippen LogP contribution < -0.4 is 5.32 Å². The molecule has 2 unspecified atom stereocenters. The number of halogens is 3. The van der Waals surface area contributed by atoms with Crippen LogP contribution in [0.4, 0.5) is 13.2 Å². The number of hydrogen-bond acceptors (Lipinski definition) is 5. The van der Waals surface area contributed by atoms with Crippen LogP contribution in [0.3, 0.4) is 0 Å². The monoisotopic (exact) mass is 449 g/mol. The maximum Gasteiger partial charge on any atom is 0.315 e. The van der Waals surface area contributed by atoms with Gasteiger partial charge in [0, 0.05) is 30.3 Å². The van der Waals surface area contributed by atoms with Crippen LogP contribution in [0.5, 0.6) is 0 Å². The van der Waals surface area contributed by atoms with Gasteiger partial charge >= 0.3 is 6.43 Å². The van der Waals surface area contributed by atoms with Crippen molar-refractivity contribution in [3.63, 3.8) is 0 Å². The third kappa shape index (κ3) is 4.95. The van der Waals surface area contributed by atoms with Crippen LogP contribution in [0.1, 0.15) is 23.8 Å². The van der Waals surface area contributed by atoms with E-state index in [1.807, 2.05) is 17.4 Å². The Labute approximate surface area is 184 Å². The lowest BCUT2D eigenvalue weighted by atomic mass is 9.85. The van der Waals surface area contributed by atoms with Gasteiger partial charge < -0.3 is 15.2 Å². The van der Waals surface area contributed by atoms with E-state index in [9.17, 15) is 23.1 Å². The van der Waals surface area contributed by atoms with E-state index in [-0.39, 0.29) is 0 Å². The Morgan fingerprint density at radius 1 is 1.19 bits per heavy atom. The molecule has 2 aromatic rings. The number of aromatic nitrogens is 1. The number of nitrogens with zero attached hydrogens (tertiary/aromatic N) is 2. The Hall–Kier alpha value is -2.49. The molecule has 0 bridgehead atoms. The van der Waals surface area contributed by atoms with E-state index in [2.05, 4.69) is 9.88 Å². The summed E-state index contributed by atoms with van der Waals surface area (Å²) in [6, 6.07) is 9.14. The third-order valence-electron chi connectivity index (χ3n) is 6.20. The minimum absolute atomic E-state index is 0.318. The predicted octanol–water partition coefficient (Wildman–Crippen LogP) is 2.72. The van der Waals surface area contributed by atoms with Crippen molar-refractivity contribution in [3.8, 4) is 11.1 Å². The molecule has 32 heavy (non-hydrogen) atoms. The summed E-state index contributed by atoms with van der Waals surface area (Å²) in [5, 5.41) is 12.1. The van der Waals surface area contributed by atoms with Crippen LogP contribution in [0.15, 0.2) is 42.6 Å². The van der Waals surface area contributed by atoms with Crippen molar-refractivity contribution in [2.24, 2.45) is 5.41 Å². The van der Waals surface area contributed by atoms with Crippen LogP contribution in [-0.4, -0.2) is 66.3 Å². The van der Waals surface area contributed by atoms with Crippen molar-refractivity contribution < 1.29 is 27.8 Å². The van der Waals surface area contributed by atoms with Gasteiger partial charge in [-0.1, -0.05) is 30.3 Å². The quantitative estimate of drug-likeness (QED) is 0.648. The number of hydrogen-bond donors (Lipinski definition) is 2. The molecule has 9 heteroatoms. The number of nitrogens with one attached hydrogen (secondary N) is 1. The van der Waals surface area contributed by atoms with Gasteiger partial charge in [0.2, 0.25) is 0 Å². The van der Waals surface area contributed by atoms with E-state index >= 15 is 0 Å². The highest BCUT2D eigenvalue weighted by Gasteiger charge is 2.44. The van der Waals surface area contributed by atoms with E-state index < -0.39 is 31.2 Å². The standard InChI is InChI=1S/C23H26F3N3O3/c24-9-19(28-22(31)21(25)26)20(30)16-3-1-15(2-4-16)17-5-6-18(27-10-17)11-29-8-7-23(12-29)13-32-14-23/h1-6,10,19-21,30H,7-9,11-14H2,(H,28,31). The Kier molecular flexibility index (Phi) is 6.78. The largest absolute Gasteiger partial charge is 0.386 e. The van der Waals surface area contributed by atoms with Crippen molar-refractivity contribution in [1.82, 2.24) is 15.2 Å². The van der Waals surface area contributed by atoms with Gasteiger partial charge in [-0.2, -0.15) is 8.78 Å². The van der Waals surface area contributed by atoms with E-state index in [0.29, 0.717) is 11.0 Å². The van der Waals surface area contributed by atoms with Gasteiger partial charge in [-0.25, -0.2) is 4.39 Å². The molecule has 2 saturated heterocycles. The topological polar surface area (TPSA) is 74.7 Å². The Bertz CT molecular complexity index is 920. The summed E-state index contributed by atoms with van der Waals surface area (Å²) in [6.45, 7) is 3.42. The molecule has 172 valence electrons. The highest BCUT2D eigenvalue weighted by molar-refractivity contribution is 5.79. The molecular formula is C23H26F3N3O3. The summed E-state index contributed by atoms with van der Waals surface area (Å²) in [5.41, 5.74) is 3.38. The molecular weight excluding hydrogens is 423 g/mol. The first kappa shape index (κ1) is 22.7. The van der Waals surface area contributed by atoms with E-state index in [1.165, 1.54) is 6.42 Å². The molecule has 1 aromatic carbocycles. The smallest absolute Gasteiger partial charge is 0.315 e. The molecule has 2 N–H and O–H groups in total. The second-order valence-corrected chi connectivity index (χ2v) is 8.63. The first-order valence-electron chi connectivity index (χ1n) is 10.6. The highest BCUT2D eigenvalue weighted by atomic mass is 19.3.